The summed E-state index contributed by atoms with van der Waals surface area (Å²) in [6.07, 6.45) is 0. The quantitative estimate of drug-likeness (QED) is 0.840. The third-order valence-corrected chi connectivity index (χ3v) is 3.42. The maximum absolute atomic E-state index is 14.1. The van der Waals surface area contributed by atoms with Crippen LogP contribution in [0.1, 0.15) is 25.0 Å². The first kappa shape index (κ1) is 15.0. The summed E-state index contributed by atoms with van der Waals surface area (Å²) in [7, 11) is 0. The zero-order chi connectivity index (χ0) is 14.7. The van der Waals surface area contributed by atoms with E-state index in [4.69, 9.17) is 11.6 Å². The van der Waals surface area contributed by atoms with Crippen LogP contribution < -0.4 is 5.32 Å². The molecule has 0 bridgehead atoms. The second-order valence-corrected chi connectivity index (χ2v) is 5.76. The van der Waals surface area contributed by atoms with Crippen molar-refractivity contribution in [2.24, 2.45) is 0 Å². The Labute approximate surface area is 124 Å². The monoisotopic (exact) mass is 291 g/mol. The summed E-state index contributed by atoms with van der Waals surface area (Å²) in [5.41, 5.74) is 3.57. The Bertz CT molecular complexity index is 608. The summed E-state index contributed by atoms with van der Waals surface area (Å²) in [6.45, 7) is 6.79. The molecule has 0 saturated heterocycles. The van der Waals surface area contributed by atoms with E-state index in [9.17, 15) is 4.39 Å². The van der Waals surface area contributed by atoms with Gasteiger partial charge >= 0.3 is 0 Å². The van der Waals surface area contributed by atoms with E-state index in [2.05, 4.69) is 19.2 Å². The highest BCUT2D eigenvalue weighted by atomic mass is 35.5. The number of rotatable bonds is 4. The van der Waals surface area contributed by atoms with Gasteiger partial charge in [-0.15, -0.1) is 0 Å². The summed E-state index contributed by atoms with van der Waals surface area (Å²) in [5.74, 6) is -0.205. The van der Waals surface area contributed by atoms with E-state index in [1.807, 2.05) is 25.1 Å². The molecular weight excluding hydrogens is 273 g/mol. The Hall–Kier alpha value is -1.38. The van der Waals surface area contributed by atoms with Crippen LogP contribution in [0.2, 0.25) is 5.02 Å². The fourth-order valence-electron chi connectivity index (χ4n) is 2.13. The van der Waals surface area contributed by atoms with E-state index in [1.165, 1.54) is 6.07 Å². The summed E-state index contributed by atoms with van der Waals surface area (Å²) in [4.78, 5) is 0. The Morgan fingerprint density at radius 1 is 1.10 bits per heavy atom. The molecule has 2 aromatic rings. The summed E-state index contributed by atoms with van der Waals surface area (Å²) in [6, 6.07) is 11.1. The standard InChI is InChI=1S/C17H19ClFN/c1-11(2)20-10-13-9-14(18)5-6-15(13)16-8-12(3)4-7-17(16)19/h4-9,11,20H,10H2,1-3H3. The fraction of sp³-hybridized carbons (Fsp3) is 0.294. The molecule has 0 heterocycles. The van der Waals surface area contributed by atoms with Crippen molar-refractivity contribution in [1.29, 1.82) is 0 Å². The van der Waals surface area contributed by atoms with Gasteiger partial charge in [-0.25, -0.2) is 4.39 Å². The lowest BCUT2D eigenvalue weighted by Gasteiger charge is -2.14. The minimum atomic E-state index is -0.205. The molecule has 0 aromatic heterocycles. The minimum absolute atomic E-state index is 0.205. The molecule has 0 aliphatic heterocycles. The molecule has 0 fully saturated rings. The maximum Gasteiger partial charge on any atom is 0.131 e. The number of hydrogen-bond acceptors (Lipinski definition) is 1. The van der Waals surface area contributed by atoms with Gasteiger partial charge in [-0.1, -0.05) is 43.1 Å². The van der Waals surface area contributed by atoms with Crippen molar-refractivity contribution in [2.75, 3.05) is 0 Å². The first-order valence-corrected chi connectivity index (χ1v) is 7.13. The van der Waals surface area contributed by atoms with Gasteiger partial charge in [0.15, 0.2) is 0 Å². The number of aryl methyl sites for hydroxylation is 1. The Kier molecular flexibility index (Phi) is 4.79. The average molecular weight is 292 g/mol. The van der Waals surface area contributed by atoms with Crippen LogP contribution >= 0.6 is 11.6 Å². The van der Waals surface area contributed by atoms with Crippen LogP contribution in [-0.4, -0.2) is 6.04 Å². The van der Waals surface area contributed by atoms with E-state index in [1.54, 1.807) is 12.1 Å². The minimum Gasteiger partial charge on any atom is -0.310 e. The van der Waals surface area contributed by atoms with Gasteiger partial charge in [0.2, 0.25) is 0 Å². The van der Waals surface area contributed by atoms with Crippen molar-refractivity contribution in [1.82, 2.24) is 5.32 Å². The molecule has 0 atom stereocenters. The molecule has 1 nitrogen and oxygen atoms in total. The summed E-state index contributed by atoms with van der Waals surface area (Å²) >= 11 is 6.07. The summed E-state index contributed by atoms with van der Waals surface area (Å²) < 4.78 is 14.1. The Morgan fingerprint density at radius 3 is 2.55 bits per heavy atom. The highest BCUT2D eigenvalue weighted by molar-refractivity contribution is 6.30. The largest absolute Gasteiger partial charge is 0.310 e. The van der Waals surface area contributed by atoms with Crippen LogP contribution in [0.15, 0.2) is 36.4 Å². The van der Waals surface area contributed by atoms with Crippen molar-refractivity contribution >= 4 is 11.6 Å². The molecular formula is C17H19ClFN. The lowest BCUT2D eigenvalue weighted by Crippen LogP contribution is -2.22. The highest BCUT2D eigenvalue weighted by Gasteiger charge is 2.11. The van der Waals surface area contributed by atoms with Crippen LogP contribution in [0.3, 0.4) is 0 Å². The van der Waals surface area contributed by atoms with Gasteiger partial charge in [0, 0.05) is 23.2 Å². The molecule has 0 radical (unpaired) electrons. The predicted molar refractivity (Wildman–Crippen MR) is 83.6 cm³/mol. The topological polar surface area (TPSA) is 12.0 Å². The van der Waals surface area contributed by atoms with Gasteiger partial charge in [-0.2, -0.15) is 0 Å². The van der Waals surface area contributed by atoms with Gasteiger partial charge in [0.1, 0.15) is 5.82 Å². The second kappa shape index (κ2) is 6.38. The fourth-order valence-corrected chi connectivity index (χ4v) is 2.33. The second-order valence-electron chi connectivity index (χ2n) is 5.32. The lowest BCUT2D eigenvalue weighted by atomic mass is 9.97. The molecule has 0 unspecified atom stereocenters. The summed E-state index contributed by atoms with van der Waals surface area (Å²) in [5, 5.41) is 4.02. The van der Waals surface area contributed by atoms with Crippen molar-refractivity contribution in [3.05, 3.63) is 58.4 Å². The molecule has 3 heteroatoms. The molecule has 2 aromatic carbocycles. The number of halogens is 2. The van der Waals surface area contributed by atoms with Gasteiger partial charge in [0.25, 0.3) is 0 Å². The molecule has 0 amide bonds. The number of benzene rings is 2. The molecule has 0 spiro atoms. The third kappa shape index (κ3) is 3.59. The van der Waals surface area contributed by atoms with E-state index in [0.717, 1.165) is 16.7 Å². The van der Waals surface area contributed by atoms with Crippen molar-refractivity contribution in [2.45, 2.75) is 33.4 Å². The maximum atomic E-state index is 14.1. The Morgan fingerprint density at radius 2 is 1.85 bits per heavy atom. The molecule has 106 valence electrons. The zero-order valence-corrected chi connectivity index (χ0v) is 12.8. The SMILES string of the molecule is Cc1ccc(F)c(-c2ccc(Cl)cc2CNC(C)C)c1. The Balaban J connectivity index is 2.47. The van der Waals surface area contributed by atoms with E-state index in [-0.39, 0.29) is 5.82 Å². The molecule has 20 heavy (non-hydrogen) atoms. The van der Waals surface area contributed by atoms with Crippen LogP contribution in [0, 0.1) is 12.7 Å². The van der Waals surface area contributed by atoms with Gasteiger partial charge in [-0.05, 0) is 42.3 Å². The van der Waals surface area contributed by atoms with E-state index >= 15 is 0 Å². The molecule has 0 saturated carbocycles. The van der Waals surface area contributed by atoms with Crippen LogP contribution in [0.25, 0.3) is 11.1 Å². The molecule has 2 rings (SSSR count). The van der Waals surface area contributed by atoms with Crippen molar-refractivity contribution < 1.29 is 4.39 Å². The highest BCUT2D eigenvalue weighted by Crippen LogP contribution is 2.29. The predicted octanol–water partition coefficient (Wildman–Crippen LogP) is 4.95. The van der Waals surface area contributed by atoms with Crippen molar-refractivity contribution in [3.63, 3.8) is 0 Å². The van der Waals surface area contributed by atoms with Crippen LogP contribution in [0.4, 0.5) is 4.39 Å². The number of hydrogen-bond donors (Lipinski definition) is 1. The molecule has 0 aliphatic rings. The van der Waals surface area contributed by atoms with Gasteiger partial charge in [0.05, 0.1) is 0 Å². The van der Waals surface area contributed by atoms with Crippen molar-refractivity contribution in [3.8, 4) is 11.1 Å². The van der Waals surface area contributed by atoms with Crippen LogP contribution in [0.5, 0.6) is 0 Å². The average Bonchev–Trinajstić information content (AvgIpc) is 2.39. The van der Waals surface area contributed by atoms with Gasteiger partial charge < -0.3 is 5.32 Å². The van der Waals surface area contributed by atoms with E-state index < -0.39 is 0 Å². The lowest BCUT2D eigenvalue weighted by molar-refractivity contribution is 0.589. The number of nitrogens with one attached hydrogen (secondary N) is 1. The molecule has 1 N–H and O–H groups in total. The smallest absolute Gasteiger partial charge is 0.131 e. The van der Waals surface area contributed by atoms with Gasteiger partial charge in [-0.3, -0.25) is 0 Å². The van der Waals surface area contributed by atoms with E-state index in [0.29, 0.717) is 23.2 Å². The van der Waals surface area contributed by atoms with Crippen LogP contribution in [-0.2, 0) is 6.54 Å². The zero-order valence-electron chi connectivity index (χ0n) is 12.0. The first-order valence-electron chi connectivity index (χ1n) is 6.75. The molecule has 0 aliphatic carbocycles. The third-order valence-electron chi connectivity index (χ3n) is 3.18. The first-order chi connectivity index (χ1) is 9.47. The normalized spacial score (nSPS) is 11.1.